The molecule has 1 N–H and O–H groups in total. The third-order valence-corrected chi connectivity index (χ3v) is 5.15. The fraction of sp³-hybridized carbons (Fsp3) is 0.400. The number of piperidine rings is 1. The molecule has 28 heavy (non-hydrogen) atoms. The third-order valence-electron chi connectivity index (χ3n) is 5.15. The summed E-state index contributed by atoms with van der Waals surface area (Å²) < 4.78 is 1.83. The van der Waals surface area contributed by atoms with Gasteiger partial charge in [0.2, 0.25) is 5.91 Å². The fourth-order valence-electron chi connectivity index (χ4n) is 3.48. The molecule has 3 aromatic rings. The molecule has 0 aliphatic carbocycles. The molecule has 3 heterocycles. The smallest absolute Gasteiger partial charge is 0.236 e. The summed E-state index contributed by atoms with van der Waals surface area (Å²) in [7, 11) is 3.60. The zero-order chi connectivity index (χ0) is 19.5. The van der Waals surface area contributed by atoms with Gasteiger partial charge in [-0.1, -0.05) is 18.2 Å². The minimum atomic E-state index is 0.150. The van der Waals surface area contributed by atoms with Crippen LogP contribution in [0.1, 0.15) is 12.8 Å². The number of para-hydroxylation sites is 1. The van der Waals surface area contributed by atoms with E-state index in [9.17, 15) is 4.79 Å². The van der Waals surface area contributed by atoms with Crippen molar-refractivity contribution in [1.82, 2.24) is 29.5 Å². The number of carbonyl (C=O) groups is 1. The summed E-state index contributed by atoms with van der Waals surface area (Å²) in [6.45, 7) is 2.28. The van der Waals surface area contributed by atoms with Gasteiger partial charge >= 0.3 is 0 Å². The Labute approximate surface area is 164 Å². The van der Waals surface area contributed by atoms with Gasteiger partial charge in [0.05, 0.1) is 23.8 Å². The number of fused-ring (bicyclic) bond motifs is 1. The highest BCUT2D eigenvalue weighted by molar-refractivity contribution is 5.87. The number of benzene rings is 1. The highest BCUT2D eigenvalue weighted by atomic mass is 16.2. The van der Waals surface area contributed by atoms with E-state index in [1.807, 2.05) is 41.2 Å². The molecule has 1 aromatic carbocycles. The molecule has 1 aliphatic rings. The van der Waals surface area contributed by atoms with Crippen LogP contribution in [-0.4, -0.2) is 75.2 Å². The zero-order valence-corrected chi connectivity index (χ0v) is 16.2. The van der Waals surface area contributed by atoms with Crippen LogP contribution in [0, 0.1) is 0 Å². The van der Waals surface area contributed by atoms with E-state index in [1.165, 1.54) is 0 Å². The lowest BCUT2D eigenvalue weighted by molar-refractivity contribution is -0.130. The lowest BCUT2D eigenvalue weighted by Crippen LogP contribution is -2.44. The maximum atomic E-state index is 11.9. The minimum absolute atomic E-state index is 0.150. The molecular formula is C20H25N7O. The number of nitrogens with zero attached hydrogens (tertiary/aromatic N) is 6. The highest BCUT2D eigenvalue weighted by Crippen LogP contribution is 2.24. The summed E-state index contributed by atoms with van der Waals surface area (Å²) in [4.78, 5) is 24.6. The molecule has 1 amide bonds. The second-order valence-electron chi connectivity index (χ2n) is 7.33. The average molecular weight is 379 g/mol. The van der Waals surface area contributed by atoms with Crippen LogP contribution in [0.15, 0.2) is 42.9 Å². The van der Waals surface area contributed by atoms with Crippen molar-refractivity contribution in [3.63, 3.8) is 0 Å². The van der Waals surface area contributed by atoms with Gasteiger partial charge in [-0.15, -0.1) is 0 Å². The highest BCUT2D eigenvalue weighted by Gasteiger charge is 2.22. The minimum Gasteiger partial charge on any atom is -0.367 e. The van der Waals surface area contributed by atoms with Gasteiger partial charge in [-0.3, -0.25) is 9.69 Å². The van der Waals surface area contributed by atoms with Crippen LogP contribution in [0.4, 0.5) is 5.82 Å². The number of aromatic nitrogens is 4. The zero-order valence-electron chi connectivity index (χ0n) is 16.2. The lowest BCUT2D eigenvalue weighted by Gasteiger charge is -2.32. The van der Waals surface area contributed by atoms with E-state index in [0.29, 0.717) is 12.6 Å². The number of likely N-dealkylation sites (tertiary alicyclic amines) is 1. The molecule has 1 aliphatic heterocycles. The second-order valence-corrected chi connectivity index (χ2v) is 7.33. The normalized spacial score (nSPS) is 15.6. The number of hydrogen-bond donors (Lipinski definition) is 1. The van der Waals surface area contributed by atoms with Gasteiger partial charge < -0.3 is 10.2 Å². The summed E-state index contributed by atoms with van der Waals surface area (Å²) in [5.74, 6) is 0.965. The number of likely N-dealkylation sites (N-methyl/N-ethyl adjacent to an activating group) is 1. The number of nitrogens with one attached hydrogen (secondary N) is 1. The van der Waals surface area contributed by atoms with Gasteiger partial charge in [0.25, 0.3) is 0 Å². The van der Waals surface area contributed by atoms with Crippen LogP contribution in [0.2, 0.25) is 0 Å². The summed E-state index contributed by atoms with van der Waals surface area (Å²) in [5.41, 5.74) is 1.76. The topological polar surface area (TPSA) is 79.2 Å². The van der Waals surface area contributed by atoms with E-state index in [-0.39, 0.29) is 5.91 Å². The molecule has 8 nitrogen and oxygen atoms in total. The third kappa shape index (κ3) is 3.82. The fourth-order valence-corrected chi connectivity index (χ4v) is 3.48. The molecule has 146 valence electrons. The van der Waals surface area contributed by atoms with Crippen LogP contribution < -0.4 is 5.32 Å². The summed E-state index contributed by atoms with van der Waals surface area (Å²) in [5, 5.41) is 8.98. The molecule has 2 aromatic heterocycles. The number of rotatable bonds is 5. The summed E-state index contributed by atoms with van der Waals surface area (Å²) in [6.07, 6.45) is 5.34. The van der Waals surface area contributed by atoms with Gasteiger partial charge in [0.1, 0.15) is 12.1 Å². The molecule has 4 rings (SSSR count). The van der Waals surface area contributed by atoms with Crippen LogP contribution in [0.5, 0.6) is 0 Å². The van der Waals surface area contributed by atoms with E-state index < -0.39 is 0 Å². The standard InChI is InChI=1S/C20H25N7O/c1-25(2)18(28)13-26-10-8-15(9-11-26)24-19-17-12-23-27(20(17)22-14-21-19)16-6-4-3-5-7-16/h3-7,12,14-15H,8-11,13H2,1-2H3,(H,21,22,24). The molecule has 1 saturated heterocycles. The van der Waals surface area contributed by atoms with E-state index in [0.717, 1.165) is 48.5 Å². The molecule has 0 spiro atoms. The molecule has 0 saturated carbocycles. The SMILES string of the molecule is CN(C)C(=O)CN1CCC(Nc2ncnc3c2cnn3-c2ccccc2)CC1. The molecule has 8 heteroatoms. The monoisotopic (exact) mass is 379 g/mol. The van der Waals surface area contributed by atoms with Crippen molar-refractivity contribution in [2.45, 2.75) is 18.9 Å². The first-order valence-electron chi connectivity index (χ1n) is 9.55. The maximum Gasteiger partial charge on any atom is 0.236 e. The van der Waals surface area contributed by atoms with Gasteiger partial charge in [-0.05, 0) is 25.0 Å². The van der Waals surface area contributed by atoms with Crippen LogP contribution >= 0.6 is 0 Å². The van der Waals surface area contributed by atoms with Crippen LogP contribution in [-0.2, 0) is 4.79 Å². The Kier molecular flexibility index (Phi) is 5.21. The van der Waals surface area contributed by atoms with E-state index in [4.69, 9.17) is 0 Å². The van der Waals surface area contributed by atoms with Gasteiger partial charge in [-0.25, -0.2) is 14.6 Å². The quantitative estimate of drug-likeness (QED) is 0.728. The van der Waals surface area contributed by atoms with E-state index >= 15 is 0 Å². The Bertz CT molecular complexity index is 946. The average Bonchev–Trinajstić information content (AvgIpc) is 3.15. The van der Waals surface area contributed by atoms with Crippen molar-refractivity contribution < 1.29 is 4.79 Å². The van der Waals surface area contributed by atoms with Gasteiger partial charge in [-0.2, -0.15) is 5.10 Å². The molecular weight excluding hydrogens is 354 g/mol. The number of hydrogen-bond acceptors (Lipinski definition) is 6. The van der Waals surface area contributed by atoms with Crippen molar-refractivity contribution in [3.8, 4) is 5.69 Å². The predicted octanol–water partition coefficient (Wildman–Crippen LogP) is 1.78. The van der Waals surface area contributed by atoms with E-state index in [1.54, 1.807) is 25.3 Å². The Morgan fingerprint density at radius 1 is 1.18 bits per heavy atom. The summed E-state index contributed by atoms with van der Waals surface area (Å²) >= 11 is 0. The first-order valence-corrected chi connectivity index (χ1v) is 9.55. The number of carbonyl (C=O) groups excluding carboxylic acids is 1. The second kappa shape index (κ2) is 7.93. The molecule has 0 unspecified atom stereocenters. The number of amides is 1. The van der Waals surface area contributed by atoms with Crippen molar-refractivity contribution in [2.24, 2.45) is 0 Å². The van der Waals surface area contributed by atoms with Crippen molar-refractivity contribution in [2.75, 3.05) is 39.0 Å². The first-order chi connectivity index (χ1) is 13.6. The Morgan fingerprint density at radius 2 is 1.93 bits per heavy atom. The Hall–Kier alpha value is -3.00. The molecule has 0 atom stereocenters. The van der Waals surface area contributed by atoms with Crippen molar-refractivity contribution in [1.29, 1.82) is 0 Å². The van der Waals surface area contributed by atoms with Crippen LogP contribution in [0.3, 0.4) is 0 Å². The molecule has 0 radical (unpaired) electrons. The molecule has 0 bridgehead atoms. The van der Waals surface area contributed by atoms with Gasteiger partial charge in [0.15, 0.2) is 5.65 Å². The van der Waals surface area contributed by atoms with E-state index in [2.05, 4.69) is 25.3 Å². The number of anilines is 1. The predicted molar refractivity (Wildman–Crippen MR) is 108 cm³/mol. The molecule has 1 fully saturated rings. The first kappa shape index (κ1) is 18.4. The largest absolute Gasteiger partial charge is 0.367 e. The van der Waals surface area contributed by atoms with Crippen molar-refractivity contribution in [3.05, 3.63) is 42.9 Å². The van der Waals surface area contributed by atoms with Crippen molar-refractivity contribution >= 4 is 22.8 Å². The van der Waals surface area contributed by atoms with Crippen LogP contribution in [0.25, 0.3) is 16.7 Å². The van der Waals surface area contributed by atoms with Gasteiger partial charge in [0, 0.05) is 33.2 Å². The Morgan fingerprint density at radius 3 is 2.64 bits per heavy atom. The summed E-state index contributed by atoms with van der Waals surface area (Å²) in [6, 6.07) is 10.3. The lowest BCUT2D eigenvalue weighted by atomic mass is 10.0. The Balaban J connectivity index is 1.45. The maximum absolute atomic E-state index is 11.9.